The van der Waals surface area contributed by atoms with Crippen LogP contribution in [0.3, 0.4) is 0 Å². The first-order valence-electron chi connectivity index (χ1n) is 9.15. The number of carbonyl (C=O) groups excluding carboxylic acids is 2. The lowest BCUT2D eigenvalue weighted by atomic mass is 10.00. The molecule has 0 unspecified atom stereocenters. The molecule has 6 nitrogen and oxygen atoms in total. The van der Waals surface area contributed by atoms with Crippen LogP contribution in [0.25, 0.3) is 0 Å². The molecule has 0 radical (unpaired) electrons. The maximum absolute atomic E-state index is 14.9. The summed E-state index contributed by atoms with van der Waals surface area (Å²) in [5.74, 6) is -1.23. The van der Waals surface area contributed by atoms with Crippen molar-refractivity contribution in [2.45, 2.75) is 0 Å². The lowest BCUT2D eigenvalue weighted by molar-refractivity contribution is -0.119. The average Bonchev–Trinajstić information content (AvgIpc) is 2.70. The fraction of sp³-hybridized carbons (Fsp3) is 0.333. The van der Waals surface area contributed by atoms with Crippen molar-refractivity contribution < 1.29 is 18.7 Å². The maximum atomic E-state index is 14.9. The van der Waals surface area contributed by atoms with Crippen molar-refractivity contribution in [3.8, 4) is 0 Å². The standard InChI is InChI=1S/C21H24FN3O3/c1-24-8-10-25(11-9-24)19-13-18(23-20(26)14-28-2)16(12-17(19)22)21(27)15-6-4-3-5-7-15/h3-7,12-13H,8-11,14H2,1-2H3,(H,23,26). The molecule has 1 amide bonds. The first kappa shape index (κ1) is 20.0. The smallest absolute Gasteiger partial charge is 0.250 e. The van der Waals surface area contributed by atoms with Gasteiger partial charge in [0.1, 0.15) is 12.4 Å². The summed E-state index contributed by atoms with van der Waals surface area (Å²) in [6.07, 6.45) is 0. The van der Waals surface area contributed by atoms with Gasteiger partial charge in [-0.1, -0.05) is 30.3 Å². The molecule has 1 saturated heterocycles. The zero-order valence-corrected chi connectivity index (χ0v) is 16.1. The molecule has 0 bridgehead atoms. The molecule has 0 saturated carbocycles. The lowest BCUT2D eigenvalue weighted by Gasteiger charge is -2.34. The van der Waals surface area contributed by atoms with Crippen LogP contribution in [0.4, 0.5) is 15.8 Å². The Morgan fingerprint density at radius 3 is 2.43 bits per heavy atom. The van der Waals surface area contributed by atoms with Crippen LogP contribution in [0, 0.1) is 5.82 Å². The molecule has 1 aliphatic rings. The third kappa shape index (κ3) is 4.55. The van der Waals surface area contributed by atoms with Crippen LogP contribution < -0.4 is 10.2 Å². The fourth-order valence-electron chi connectivity index (χ4n) is 3.21. The molecule has 0 spiro atoms. The minimum Gasteiger partial charge on any atom is -0.375 e. The number of carbonyl (C=O) groups is 2. The van der Waals surface area contributed by atoms with Gasteiger partial charge in [-0.25, -0.2) is 4.39 Å². The van der Waals surface area contributed by atoms with E-state index in [2.05, 4.69) is 10.2 Å². The Morgan fingerprint density at radius 1 is 1.11 bits per heavy atom. The Labute approximate surface area is 163 Å². The van der Waals surface area contributed by atoms with Gasteiger partial charge in [-0.2, -0.15) is 0 Å². The Morgan fingerprint density at radius 2 is 1.79 bits per heavy atom. The second-order valence-electron chi connectivity index (χ2n) is 6.82. The molecule has 1 N–H and O–H groups in total. The number of hydrogen-bond acceptors (Lipinski definition) is 5. The molecule has 0 atom stereocenters. The molecule has 28 heavy (non-hydrogen) atoms. The van der Waals surface area contributed by atoms with E-state index in [-0.39, 0.29) is 23.6 Å². The number of anilines is 2. The molecule has 2 aromatic carbocycles. The van der Waals surface area contributed by atoms with E-state index in [9.17, 15) is 14.0 Å². The van der Waals surface area contributed by atoms with E-state index in [0.29, 0.717) is 24.3 Å². The number of amides is 1. The number of nitrogens with zero attached hydrogens (tertiary/aromatic N) is 2. The molecule has 2 aromatic rings. The number of benzene rings is 2. The van der Waals surface area contributed by atoms with Gasteiger partial charge >= 0.3 is 0 Å². The number of rotatable bonds is 6. The van der Waals surface area contributed by atoms with Gasteiger partial charge in [0, 0.05) is 44.4 Å². The number of nitrogens with one attached hydrogen (secondary N) is 1. The number of ether oxygens (including phenoxy) is 1. The number of halogens is 1. The Balaban J connectivity index is 1.99. The predicted octanol–water partition coefficient (Wildman–Crippen LogP) is 2.39. The average molecular weight is 385 g/mol. The molecule has 0 aliphatic carbocycles. The van der Waals surface area contributed by atoms with Gasteiger partial charge in [0.2, 0.25) is 5.91 Å². The van der Waals surface area contributed by atoms with E-state index in [1.807, 2.05) is 11.9 Å². The third-order valence-electron chi connectivity index (χ3n) is 4.76. The largest absolute Gasteiger partial charge is 0.375 e. The number of methoxy groups -OCH3 is 1. The van der Waals surface area contributed by atoms with Gasteiger partial charge in [0.15, 0.2) is 5.78 Å². The van der Waals surface area contributed by atoms with Gasteiger partial charge < -0.3 is 19.9 Å². The van der Waals surface area contributed by atoms with Crippen LogP contribution in [-0.4, -0.2) is 63.5 Å². The summed E-state index contributed by atoms with van der Waals surface area (Å²) in [4.78, 5) is 29.1. The molecule has 1 heterocycles. The summed E-state index contributed by atoms with van der Waals surface area (Å²) in [6, 6.07) is 11.4. The summed E-state index contributed by atoms with van der Waals surface area (Å²) in [6.45, 7) is 2.82. The molecular formula is C21H24FN3O3. The van der Waals surface area contributed by atoms with Crippen LogP contribution in [-0.2, 0) is 9.53 Å². The molecular weight excluding hydrogens is 361 g/mol. The third-order valence-corrected chi connectivity index (χ3v) is 4.76. The zero-order chi connectivity index (χ0) is 20.1. The van der Waals surface area contributed by atoms with E-state index in [0.717, 1.165) is 13.1 Å². The van der Waals surface area contributed by atoms with Gasteiger partial charge in [-0.15, -0.1) is 0 Å². The number of likely N-dealkylation sites (N-methyl/N-ethyl adjacent to an activating group) is 1. The minimum atomic E-state index is -0.478. The quantitative estimate of drug-likeness (QED) is 0.774. The SMILES string of the molecule is COCC(=O)Nc1cc(N2CCN(C)CC2)c(F)cc1C(=O)c1ccccc1. The first-order chi connectivity index (χ1) is 13.5. The molecule has 3 rings (SSSR count). The predicted molar refractivity (Wildman–Crippen MR) is 106 cm³/mol. The second-order valence-corrected chi connectivity index (χ2v) is 6.82. The van der Waals surface area contributed by atoms with E-state index in [1.165, 1.54) is 13.2 Å². The fourth-order valence-corrected chi connectivity index (χ4v) is 3.21. The van der Waals surface area contributed by atoms with Crippen LogP contribution in [0.5, 0.6) is 0 Å². The summed E-state index contributed by atoms with van der Waals surface area (Å²) in [7, 11) is 3.43. The monoisotopic (exact) mass is 385 g/mol. The van der Waals surface area contributed by atoms with E-state index < -0.39 is 11.7 Å². The van der Waals surface area contributed by atoms with Gasteiger partial charge in [0.25, 0.3) is 0 Å². The Bertz CT molecular complexity index is 849. The van der Waals surface area contributed by atoms with Crippen molar-refractivity contribution in [3.63, 3.8) is 0 Å². The maximum Gasteiger partial charge on any atom is 0.250 e. The van der Waals surface area contributed by atoms with Gasteiger partial charge in [-0.3, -0.25) is 9.59 Å². The molecule has 1 aliphatic heterocycles. The normalized spacial score (nSPS) is 14.8. The van der Waals surface area contributed by atoms with Crippen molar-refractivity contribution in [1.82, 2.24) is 4.90 Å². The summed E-state index contributed by atoms with van der Waals surface area (Å²) < 4.78 is 19.8. The zero-order valence-electron chi connectivity index (χ0n) is 16.1. The van der Waals surface area contributed by atoms with Crippen LogP contribution >= 0.6 is 0 Å². The van der Waals surface area contributed by atoms with Crippen molar-refractivity contribution in [2.24, 2.45) is 0 Å². The highest BCUT2D eigenvalue weighted by molar-refractivity contribution is 6.14. The highest BCUT2D eigenvalue weighted by Gasteiger charge is 2.23. The molecule has 0 aromatic heterocycles. The summed E-state index contributed by atoms with van der Waals surface area (Å²) in [5, 5.41) is 2.69. The Kier molecular flexibility index (Phi) is 6.38. The highest BCUT2D eigenvalue weighted by atomic mass is 19.1. The van der Waals surface area contributed by atoms with Crippen molar-refractivity contribution >= 4 is 23.1 Å². The summed E-state index contributed by atoms with van der Waals surface area (Å²) >= 11 is 0. The van der Waals surface area contributed by atoms with Crippen molar-refractivity contribution in [2.75, 3.05) is 57.2 Å². The second kappa shape index (κ2) is 8.95. The highest BCUT2D eigenvalue weighted by Crippen LogP contribution is 2.30. The van der Waals surface area contributed by atoms with Gasteiger partial charge in [-0.05, 0) is 19.2 Å². The van der Waals surface area contributed by atoms with Crippen molar-refractivity contribution in [1.29, 1.82) is 0 Å². The Hall–Kier alpha value is -2.77. The minimum absolute atomic E-state index is 0.117. The van der Waals surface area contributed by atoms with E-state index in [4.69, 9.17) is 4.74 Å². The van der Waals surface area contributed by atoms with Gasteiger partial charge in [0.05, 0.1) is 11.4 Å². The van der Waals surface area contributed by atoms with Crippen LogP contribution in [0.1, 0.15) is 15.9 Å². The topological polar surface area (TPSA) is 61.9 Å². The van der Waals surface area contributed by atoms with E-state index in [1.54, 1.807) is 36.4 Å². The van der Waals surface area contributed by atoms with Crippen LogP contribution in [0.15, 0.2) is 42.5 Å². The molecule has 1 fully saturated rings. The molecule has 7 heteroatoms. The number of hydrogen-bond donors (Lipinski definition) is 1. The van der Waals surface area contributed by atoms with Crippen molar-refractivity contribution in [3.05, 3.63) is 59.4 Å². The summed E-state index contributed by atoms with van der Waals surface area (Å²) in [5.41, 5.74) is 1.21. The van der Waals surface area contributed by atoms with E-state index >= 15 is 0 Å². The lowest BCUT2D eigenvalue weighted by Crippen LogP contribution is -2.44. The number of piperazine rings is 1. The molecule has 148 valence electrons. The number of ketones is 1. The van der Waals surface area contributed by atoms with Crippen LogP contribution in [0.2, 0.25) is 0 Å². The first-order valence-corrected chi connectivity index (χ1v) is 9.15.